The van der Waals surface area contributed by atoms with Crippen LogP contribution in [0.5, 0.6) is 0 Å². The molecule has 1 aromatic heterocycles. The van der Waals surface area contributed by atoms with Crippen molar-refractivity contribution in [3.8, 4) is 0 Å². The van der Waals surface area contributed by atoms with Gasteiger partial charge in [0.2, 0.25) is 0 Å². The van der Waals surface area contributed by atoms with E-state index < -0.39 is 0 Å². The van der Waals surface area contributed by atoms with Gasteiger partial charge in [-0.25, -0.2) is 9.97 Å². The van der Waals surface area contributed by atoms with Crippen LogP contribution in [0.3, 0.4) is 0 Å². The topological polar surface area (TPSA) is 73.1 Å². The van der Waals surface area contributed by atoms with Gasteiger partial charge in [-0.3, -0.25) is 0 Å². The van der Waals surface area contributed by atoms with Crippen molar-refractivity contribution in [1.29, 1.82) is 0 Å². The minimum Gasteiger partial charge on any atom is -0.394 e. The van der Waals surface area contributed by atoms with E-state index in [0.717, 1.165) is 6.54 Å². The molecule has 0 amide bonds. The maximum absolute atomic E-state index is 5.80. The zero-order chi connectivity index (χ0) is 11.9. The summed E-state index contributed by atoms with van der Waals surface area (Å²) in [6.45, 7) is 1.44. The van der Waals surface area contributed by atoms with Crippen molar-refractivity contribution in [2.24, 2.45) is 0 Å². The van der Waals surface area contributed by atoms with Crippen LogP contribution in [0.4, 0.5) is 11.5 Å². The lowest BCUT2D eigenvalue weighted by molar-refractivity contribution is 0.0347. The Morgan fingerprint density at radius 1 is 1.35 bits per heavy atom. The molecular weight excluding hydrogens is 216 g/mol. The number of rotatable bonds is 5. The molecule has 1 aliphatic carbocycles. The molecule has 1 aliphatic rings. The molecule has 0 bridgehead atoms. The lowest BCUT2D eigenvalue weighted by atomic mass is 9.98. The summed E-state index contributed by atoms with van der Waals surface area (Å²) in [7, 11) is 0. The molecule has 2 rings (SSSR count). The van der Waals surface area contributed by atoms with Gasteiger partial charge in [0.05, 0.1) is 24.6 Å². The number of aromatic nitrogens is 2. The highest BCUT2D eigenvalue weighted by molar-refractivity contribution is 5.58. The number of nitrogen functional groups attached to an aromatic ring is 1. The average molecular weight is 236 g/mol. The van der Waals surface area contributed by atoms with E-state index in [1.54, 1.807) is 6.20 Å². The molecule has 0 aromatic carbocycles. The lowest BCUT2D eigenvalue weighted by Crippen LogP contribution is -2.21. The third kappa shape index (κ3) is 3.85. The van der Waals surface area contributed by atoms with Gasteiger partial charge in [-0.15, -0.1) is 0 Å². The summed E-state index contributed by atoms with van der Waals surface area (Å²) >= 11 is 0. The van der Waals surface area contributed by atoms with Crippen LogP contribution in [0.15, 0.2) is 12.5 Å². The van der Waals surface area contributed by atoms with Gasteiger partial charge in [-0.2, -0.15) is 0 Å². The second-order valence-corrected chi connectivity index (χ2v) is 4.38. The van der Waals surface area contributed by atoms with Crippen LogP contribution < -0.4 is 11.1 Å². The Morgan fingerprint density at radius 3 is 2.94 bits per heavy atom. The van der Waals surface area contributed by atoms with Crippen molar-refractivity contribution in [1.82, 2.24) is 9.97 Å². The van der Waals surface area contributed by atoms with Gasteiger partial charge >= 0.3 is 0 Å². The molecule has 0 radical (unpaired) electrons. The molecule has 5 heteroatoms. The summed E-state index contributed by atoms with van der Waals surface area (Å²) in [5.41, 5.74) is 6.29. The van der Waals surface area contributed by atoms with Crippen molar-refractivity contribution in [2.45, 2.75) is 38.2 Å². The van der Waals surface area contributed by atoms with Crippen molar-refractivity contribution in [3.05, 3.63) is 12.5 Å². The molecule has 3 N–H and O–H groups in total. The summed E-state index contributed by atoms with van der Waals surface area (Å²) in [4.78, 5) is 7.90. The van der Waals surface area contributed by atoms with Crippen LogP contribution in [0.2, 0.25) is 0 Å². The van der Waals surface area contributed by atoms with Crippen molar-refractivity contribution in [2.75, 3.05) is 24.2 Å². The van der Waals surface area contributed by atoms with Gasteiger partial charge in [0.1, 0.15) is 6.33 Å². The van der Waals surface area contributed by atoms with Crippen LogP contribution in [0.25, 0.3) is 0 Å². The van der Waals surface area contributed by atoms with E-state index in [0.29, 0.717) is 24.2 Å². The first-order chi connectivity index (χ1) is 8.36. The zero-order valence-corrected chi connectivity index (χ0v) is 10.1. The van der Waals surface area contributed by atoms with Crippen molar-refractivity contribution < 1.29 is 4.74 Å². The number of nitrogens with two attached hydrogens (primary N) is 1. The van der Waals surface area contributed by atoms with E-state index in [2.05, 4.69) is 15.3 Å². The number of hydrogen-bond donors (Lipinski definition) is 2. The van der Waals surface area contributed by atoms with Crippen LogP contribution in [0.1, 0.15) is 32.1 Å². The number of ether oxygens (including phenoxy) is 1. The Labute approximate surface area is 102 Å². The van der Waals surface area contributed by atoms with E-state index in [4.69, 9.17) is 10.5 Å². The molecule has 0 aliphatic heterocycles. The average Bonchev–Trinajstić information content (AvgIpc) is 2.38. The Bertz CT molecular complexity index is 339. The van der Waals surface area contributed by atoms with Gasteiger partial charge in [-0.05, 0) is 12.8 Å². The molecule has 0 spiro atoms. The first kappa shape index (κ1) is 12.1. The minimum atomic E-state index is 0.452. The Kier molecular flexibility index (Phi) is 4.55. The molecule has 94 valence electrons. The summed E-state index contributed by atoms with van der Waals surface area (Å²) in [5, 5.41) is 3.15. The lowest BCUT2D eigenvalue weighted by Gasteiger charge is -2.22. The van der Waals surface area contributed by atoms with E-state index in [-0.39, 0.29) is 0 Å². The normalized spacial score (nSPS) is 16.9. The van der Waals surface area contributed by atoms with Gasteiger partial charge in [0.15, 0.2) is 5.82 Å². The van der Waals surface area contributed by atoms with Gasteiger partial charge in [0, 0.05) is 6.54 Å². The summed E-state index contributed by atoms with van der Waals surface area (Å²) in [5.74, 6) is 0.687. The van der Waals surface area contributed by atoms with Crippen LogP contribution in [0, 0.1) is 0 Å². The highest BCUT2D eigenvalue weighted by Crippen LogP contribution is 2.20. The molecule has 1 aromatic rings. The highest BCUT2D eigenvalue weighted by Gasteiger charge is 2.13. The third-order valence-corrected chi connectivity index (χ3v) is 3.04. The first-order valence-electron chi connectivity index (χ1n) is 6.27. The maximum Gasteiger partial charge on any atom is 0.152 e. The second-order valence-electron chi connectivity index (χ2n) is 4.38. The molecule has 0 saturated heterocycles. The smallest absolute Gasteiger partial charge is 0.152 e. The Morgan fingerprint density at radius 2 is 2.18 bits per heavy atom. The van der Waals surface area contributed by atoms with E-state index in [1.165, 1.54) is 38.4 Å². The van der Waals surface area contributed by atoms with E-state index in [1.807, 2.05) is 0 Å². The fourth-order valence-electron chi connectivity index (χ4n) is 2.11. The maximum atomic E-state index is 5.80. The SMILES string of the molecule is Nc1cncnc1NCCOC1CCCCC1. The van der Waals surface area contributed by atoms with E-state index >= 15 is 0 Å². The van der Waals surface area contributed by atoms with Crippen molar-refractivity contribution >= 4 is 11.5 Å². The summed E-state index contributed by atoms with van der Waals surface area (Å²) in [6.07, 6.45) is 9.90. The fourth-order valence-corrected chi connectivity index (χ4v) is 2.11. The molecule has 1 fully saturated rings. The number of nitrogens with zero attached hydrogens (tertiary/aromatic N) is 2. The monoisotopic (exact) mass is 236 g/mol. The molecule has 0 atom stereocenters. The third-order valence-electron chi connectivity index (χ3n) is 3.04. The molecule has 5 nitrogen and oxygen atoms in total. The van der Waals surface area contributed by atoms with Gasteiger partial charge < -0.3 is 15.8 Å². The van der Waals surface area contributed by atoms with Crippen molar-refractivity contribution in [3.63, 3.8) is 0 Å². The summed E-state index contributed by atoms with van der Waals surface area (Å²) in [6, 6.07) is 0. The summed E-state index contributed by atoms with van der Waals surface area (Å²) < 4.78 is 5.80. The Balaban J connectivity index is 1.64. The second kappa shape index (κ2) is 6.39. The molecule has 17 heavy (non-hydrogen) atoms. The highest BCUT2D eigenvalue weighted by atomic mass is 16.5. The minimum absolute atomic E-state index is 0.452. The first-order valence-corrected chi connectivity index (χ1v) is 6.27. The number of nitrogens with one attached hydrogen (secondary N) is 1. The number of hydrogen-bond acceptors (Lipinski definition) is 5. The number of anilines is 2. The van der Waals surface area contributed by atoms with E-state index in [9.17, 15) is 0 Å². The van der Waals surface area contributed by atoms with Crippen LogP contribution in [-0.2, 0) is 4.74 Å². The zero-order valence-electron chi connectivity index (χ0n) is 10.1. The fraction of sp³-hybridized carbons (Fsp3) is 0.667. The predicted octanol–water partition coefficient (Wildman–Crippen LogP) is 1.82. The molecule has 1 saturated carbocycles. The molecule has 0 unspecified atom stereocenters. The van der Waals surface area contributed by atoms with Crippen LogP contribution in [-0.4, -0.2) is 29.2 Å². The standard InChI is InChI=1S/C12H20N4O/c13-11-8-14-9-16-12(11)15-6-7-17-10-4-2-1-3-5-10/h8-10H,1-7,13H2,(H,14,15,16). The quantitative estimate of drug-likeness (QED) is 0.763. The molecule has 1 heterocycles. The largest absolute Gasteiger partial charge is 0.394 e. The Hall–Kier alpha value is -1.36. The van der Waals surface area contributed by atoms with Crippen LogP contribution >= 0.6 is 0 Å². The predicted molar refractivity (Wildman–Crippen MR) is 67.8 cm³/mol. The van der Waals surface area contributed by atoms with Gasteiger partial charge in [0.25, 0.3) is 0 Å². The molecular formula is C12H20N4O. The van der Waals surface area contributed by atoms with Gasteiger partial charge in [-0.1, -0.05) is 19.3 Å².